The summed E-state index contributed by atoms with van der Waals surface area (Å²) in [4.78, 5) is 0. The fourth-order valence-electron chi connectivity index (χ4n) is 1.58. The molecule has 0 spiro atoms. The minimum absolute atomic E-state index is 0.0579. The minimum atomic E-state index is -0.699. The van der Waals surface area contributed by atoms with Crippen molar-refractivity contribution in [3.8, 4) is 5.75 Å². The van der Waals surface area contributed by atoms with Crippen molar-refractivity contribution in [3.63, 3.8) is 0 Å². The van der Waals surface area contributed by atoms with Crippen LogP contribution in [0.5, 0.6) is 5.75 Å². The van der Waals surface area contributed by atoms with E-state index in [4.69, 9.17) is 14.6 Å². The van der Waals surface area contributed by atoms with Crippen LogP contribution in [0.4, 0.5) is 0 Å². The van der Waals surface area contributed by atoms with Crippen molar-refractivity contribution >= 4 is 15.9 Å². The first-order chi connectivity index (χ1) is 7.13. The summed E-state index contributed by atoms with van der Waals surface area (Å²) >= 11 is 3.40. The lowest BCUT2D eigenvalue weighted by molar-refractivity contribution is -0.201. The van der Waals surface area contributed by atoms with E-state index in [1.165, 1.54) is 0 Å². The molecule has 1 heterocycles. The van der Waals surface area contributed by atoms with E-state index >= 15 is 0 Å². The van der Waals surface area contributed by atoms with Crippen LogP contribution in [0, 0.1) is 0 Å². The van der Waals surface area contributed by atoms with Gasteiger partial charge in [0, 0.05) is 30.0 Å². The predicted molar refractivity (Wildman–Crippen MR) is 59.7 cm³/mol. The molecule has 0 aromatic heterocycles. The number of halogens is 1. The van der Waals surface area contributed by atoms with Gasteiger partial charge in [0.25, 0.3) is 0 Å². The van der Waals surface area contributed by atoms with Gasteiger partial charge in [0.1, 0.15) is 5.75 Å². The number of aliphatic hydroxyl groups excluding tert-OH is 1. The Balaban J connectivity index is 2.23. The Bertz CT molecular complexity index is 367. The van der Waals surface area contributed by atoms with E-state index in [2.05, 4.69) is 15.9 Å². The average Bonchev–Trinajstić information content (AvgIpc) is 2.19. The van der Waals surface area contributed by atoms with Gasteiger partial charge in [0.15, 0.2) is 0 Å². The highest BCUT2D eigenvalue weighted by Gasteiger charge is 2.31. The largest absolute Gasteiger partial charge is 0.462 e. The van der Waals surface area contributed by atoms with Crippen LogP contribution in [0.15, 0.2) is 22.7 Å². The van der Waals surface area contributed by atoms with Gasteiger partial charge in [-0.25, -0.2) is 0 Å². The molecule has 0 bridgehead atoms. The Hall–Kier alpha value is -0.580. The second kappa shape index (κ2) is 4.12. The van der Waals surface area contributed by atoms with Crippen LogP contribution in [0.3, 0.4) is 0 Å². The van der Waals surface area contributed by atoms with Gasteiger partial charge in [-0.1, -0.05) is 15.9 Å². The van der Waals surface area contributed by atoms with Crippen LogP contribution in [-0.2, 0) is 11.3 Å². The molecule has 1 aliphatic heterocycles. The number of aliphatic hydroxyl groups is 1. The monoisotopic (exact) mass is 272 g/mol. The third-order valence-electron chi connectivity index (χ3n) is 2.45. The van der Waals surface area contributed by atoms with Crippen LogP contribution < -0.4 is 4.74 Å². The predicted octanol–water partition coefficient (Wildman–Crippen LogP) is 2.46. The van der Waals surface area contributed by atoms with Crippen molar-refractivity contribution in [1.82, 2.24) is 0 Å². The van der Waals surface area contributed by atoms with Crippen molar-refractivity contribution in [1.29, 1.82) is 0 Å². The number of rotatable bonds is 2. The molecule has 15 heavy (non-hydrogen) atoms. The van der Waals surface area contributed by atoms with E-state index in [-0.39, 0.29) is 6.61 Å². The van der Waals surface area contributed by atoms with E-state index in [0.717, 1.165) is 15.8 Å². The van der Waals surface area contributed by atoms with Crippen molar-refractivity contribution < 1.29 is 14.6 Å². The van der Waals surface area contributed by atoms with Crippen LogP contribution in [0.25, 0.3) is 0 Å². The van der Waals surface area contributed by atoms with Gasteiger partial charge in [0.2, 0.25) is 5.79 Å². The summed E-state index contributed by atoms with van der Waals surface area (Å²) in [5.74, 6) is 0.135. The summed E-state index contributed by atoms with van der Waals surface area (Å²) in [6.45, 7) is 2.42. The molecule has 1 unspecified atom stereocenters. The number of benzene rings is 1. The zero-order valence-corrected chi connectivity index (χ0v) is 10.1. The molecular weight excluding hydrogens is 260 g/mol. The Morgan fingerprint density at radius 2 is 2.33 bits per heavy atom. The summed E-state index contributed by atoms with van der Waals surface area (Å²) in [5.41, 5.74) is 1.03. The van der Waals surface area contributed by atoms with E-state index < -0.39 is 5.79 Å². The Morgan fingerprint density at radius 3 is 3.07 bits per heavy atom. The molecule has 2 rings (SSSR count). The zero-order valence-electron chi connectivity index (χ0n) is 8.50. The van der Waals surface area contributed by atoms with Crippen molar-refractivity contribution in [3.05, 3.63) is 28.2 Å². The maximum Gasteiger partial charge on any atom is 0.210 e. The number of fused-ring (bicyclic) bond motifs is 1. The molecule has 3 nitrogen and oxygen atoms in total. The van der Waals surface area contributed by atoms with Gasteiger partial charge in [-0.3, -0.25) is 0 Å². The normalized spacial score (nSPS) is 24.5. The number of hydrogen-bond donors (Lipinski definition) is 1. The summed E-state index contributed by atoms with van der Waals surface area (Å²) < 4.78 is 12.3. The van der Waals surface area contributed by atoms with Crippen LogP contribution in [-0.4, -0.2) is 17.5 Å². The Labute approximate surface area is 97.1 Å². The SMILES string of the molecule is CC1(CCO)OCc2cc(Br)ccc2O1. The van der Waals surface area contributed by atoms with Gasteiger partial charge < -0.3 is 14.6 Å². The van der Waals surface area contributed by atoms with Crippen molar-refractivity contribution in [2.45, 2.75) is 25.7 Å². The summed E-state index contributed by atoms with van der Waals surface area (Å²) in [7, 11) is 0. The van der Waals surface area contributed by atoms with Gasteiger partial charge in [0.05, 0.1) is 6.61 Å². The van der Waals surface area contributed by atoms with Gasteiger partial charge >= 0.3 is 0 Å². The molecule has 0 saturated heterocycles. The third-order valence-corrected chi connectivity index (χ3v) is 2.94. The Kier molecular flexibility index (Phi) is 3.00. The van der Waals surface area contributed by atoms with Gasteiger partial charge in [-0.2, -0.15) is 0 Å². The quantitative estimate of drug-likeness (QED) is 0.899. The summed E-state index contributed by atoms with van der Waals surface area (Å²) in [6.07, 6.45) is 0.475. The highest BCUT2D eigenvalue weighted by atomic mass is 79.9. The van der Waals surface area contributed by atoms with E-state index in [1.54, 1.807) is 0 Å². The zero-order chi connectivity index (χ0) is 10.9. The first-order valence-electron chi connectivity index (χ1n) is 4.85. The fraction of sp³-hybridized carbons (Fsp3) is 0.455. The maximum absolute atomic E-state index is 8.91. The van der Waals surface area contributed by atoms with Gasteiger partial charge in [-0.05, 0) is 18.2 Å². The van der Waals surface area contributed by atoms with Crippen molar-refractivity contribution in [2.24, 2.45) is 0 Å². The highest BCUT2D eigenvalue weighted by molar-refractivity contribution is 9.10. The first-order valence-corrected chi connectivity index (χ1v) is 5.64. The molecule has 1 aliphatic rings. The fourth-order valence-corrected chi connectivity index (χ4v) is 1.99. The van der Waals surface area contributed by atoms with Gasteiger partial charge in [-0.15, -0.1) is 0 Å². The molecule has 0 radical (unpaired) electrons. The number of ether oxygens (including phenoxy) is 2. The first kappa shape index (κ1) is 10.9. The molecule has 1 atom stereocenters. The van der Waals surface area contributed by atoms with Crippen LogP contribution in [0.1, 0.15) is 18.9 Å². The van der Waals surface area contributed by atoms with E-state index in [1.807, 2.05) is 25.1 Å². The molecule has 0 saturated carbocycles. The number of hydrogen-bond acceptors (Lipinski definition) is 3. The highest BCUT2D eigenvalue weighted by Crippen LogP contribution is 2.34. The third kappa shape index (κ3) is 2.33. The molecular formula is C11H13BrO3. The smallest absolute Gasteiger partial charge is 0.210 e. The summed E-state index contributed by atoms with van der Waals surface area (Å²) in [6, 6.07) is 5.83. The molecule has 0 amide bonds. The molecule has 1 N–H and O–H groups in total. The lowest BCUT2D eigenvalue weighted by Crippen LogP contribution is -2.39. The minimum Gasteiger partial charge on any atom is -0.462 e. The molecule has 4 heteroatoms. The second-order valence-electron chi connectivity index (χ2n) is 3.75. The van der Waals surface area contributed by atoms with Crippen LogP contribution >= 0.6 is 15.9 Å². The Morgan fingerprint density at radius 1 is 1.53 bits per heavy atom. The molecule has 1 aromatic rings. The molecule has 82 valence electrons. The molecule has 0 aliphatic carbocycles. The standard InChI is InChI=1S/C11H13BrO3/c1-11(4-5-13)14-7-8-6-9(12)2-3-10(8)15-11/h2-3,6,13H,4-5,7H2,1H3. The molecule has 0 fully saturated rings. The summed E-state index contributed by atoms with van der Waals surface area (Å²) in [5, 5.41) is 8.91. The van der Waals surface area contributed by atoms with E-state index in [9.17, 15) is 0 Å². The topological polar surface area (TPSA) is 38.7 Å². The second-order valence-corrected chi connectivity index (χ2v) is 4.67. The lowest BCUT2D eigenvalue weighted by atomic mass is 10.1. The average molecular weight is 273 g/mol. The lowest BCUT2D eigenvalue weighted by Gasteiger charge is -2.35. The van der Waals surface area contributed by atoms with Crippen molar-refractivity contribution in [2.75, 3.05) is 6.61 Å². The molecule has 1 aromatic carbocycles. The van der Waals surface area contributed by atoms with E-state index in [0.29, 0.717) is 13.0 Å². The maximum atomic E-state index is 8.91. The van der Waals surface area contributed by atoms with Crippen LogP contribution in [0.2, 0.25) is 0 Å².